The number of nitrogens with zero attached hydrogens (tertiary/aromatic N) is 4. The van der Waals surface area contributed by atoms with E-state index in [1.165, 1.54) is 12.1 Å². The lowest BCUT2D eigenvalue weighted by Gasteiger charge is -2.23. The molecule has 4 heterocycles. The Bertz CT molecular complexity index is 1230. The number of pyridine rings is 1. The zero-order valence-electron chi connectivity index (χ0n) is 16.2. The monoisotopic (exact) mass is 469 g/mol. The number of fused-ring (bicyclic) bond motifs is 2. The van der Waals surface area contributed by atoms with Gasteiger partial charge in [-0.1, -0.05) is 0 Å². The molecule has 1 aromatic carbocycles. The van der Waals surface area contributed by atoms with Crippen LogP contribution in [0.1, 0.15) is 12.8 Å². The van der Waals surface area contributed by atoms with E-state index in [2.05, 4.69) is 36.6 Å². The topological polar surface area (TPSA) is 93.2 Å². The van der Waals surface area contributed by atoms with Gasteiger partial charge in [0.2, 0.25) is 0 Å². The fourth-order valence-corrected chi connectivity index (χ4v) is 4.29. The van der Waals surface area contributed by atoms with Crippen molar-refractivity contribution in [1.29, 1.82) is 0 Å². The molecule has 0 unspecified atom stereocenters. The molecule has 5 rings (SSSR count). The summed E-state index contributed by atoms with van der Waals surface area (Å²) in [6.45, 7) is 2.93. The Kier molecular flexibility index (Phi) is 5.00. The maximum atomic E-state index is 13.7. The fourth-order valence-electron chi connectivity index (χ4n) is 3.89. The zero-order chi connectivity index (χ0) is 20.7. The van der Waals surface area contributed by atoms with Gasteiger partial charge in [0.15, 0.2) is 5.65 Å². The van der Waals surface area contributed by atoms with E-state index in [0.717, 1.165) is 54.5 Å². The van der Waals surface area contributed by atoms with Gasteiger partial charge in [-0.25, -0.2) is 9.37 Å². The maximum Gasteiger partial charge on any atom is 0.167 e. The standard InChI is InChI=1S/C21H21BrFN7/c22-18-19(24)30-21(29-20(18)27-9-12-3-5-25-6-4-12)16(11-28-30)14-7-13-8-15(23)1-2-17(13)26-10-14/h1-2,7-8,10-12,25H,3-6,9,24H2,(H,27,29). The molecule has 4 N–H and O–H groups in total. The fraction of sp³-hybridized carbons (Fsp3) is 0.286. The highest BCUT2D eigenvalue weighted by Crippen LogP contribution is 2.33. The average Bonchev–Trinajstić information content (AvgIpc) is 3.19. The van der Waals surface area contributed by atoms with Gasteiger partial charge in [-0.2, -0.15) is 9.61 Å². The summed E-state index contributed by atoms with van der Waals surface area (Å²) in [4.78, 5) is 9.25. The van der Waals surface area contributed by atoms with Gasteiger partial charge in [0.05, 0.1) is 11.7 Å². The first kappa shape index (κ1) is 19.2. The summed E-state index contributed by atoms with van der Waals surface area (Å²) in [6.07, 6.45) is 5.74. The third-order valence-electron chi connectivity index (χ3n) is 5.59. The van der Waals surface area contributed by atoms with E-state index in [0.29, 0.717) is 27.7 Å². The van der Waals surface area contributed by atoms with Gasteiger partial charge in [0.1, 0.15) is 21.9 Å². The first-order chi connectivity index (χ1) is 14.6. The predicted molar refractivity (Wildman–Crippen MR) is 120 cm³/mol. The van der Waals surface area contributed by atoms with Crippen molar-refractivity contribution in [3.05, 3.63) is 46.9 Å². The van der Waals surface area contributed by atoms with Gasteiger partial charge in [-0.3, -0.25) is 4.98 Å². The Labute approximate surface area is 181 Å². The van der Waals surface area contributed by atoms with E-state index < -0.39 is 0 Å². The molecule has 0 spiro atoms. The summed E-state index contributed by atoms with van der Waals surface area (Å²) in [6, 6.07) is 6.44. The second-order valence-corrected chi connectivity index (χ2v) is 8.38. The predicted octanol–water partition coefficient (Wildman–Crippen LogP) is 3.84. The smallest absolute Gasteiger partial charge is 0.167 e. The molecule has 7 nitrogen and oxygen atoms in total. The third-order valence-corrected chi connectivity index (χ3v) is 6.38. The minimum absolute atomic E-state index is 0.294. The van der Waals surface area contributed by atoms with E-state index >= 15 is 0 Å². The molecule has 4 aromatic rings. The van der Waals surface area contributed by atoms with Gasteiger partial charge in [-0.05, 0) is 72.0 Å². The molecule has 9 heteroatoms. The minimum Gasteiger partial charge on any atom is -0.383 e. The van der Waals surface area contributed by atoms with Crippen molar-refractivity contribution in [3.63, 3.8) is 0 Å². The average molecular weight is 470 g/mol. The second kappa shape index (κ2) is 7.81. The van der Waals surface area contributed by atoms with E-state index in [1.54, 1.807) is 23.0 Å². The largest absolute Gasteiger partial charge is 0.383 e. The van der Waals surface area contributed by atoms with Crippen LogP contribution < -0.4 is 16.4 Å². The molecule has 0 bridgehead atoms. The number of hydrogen-bond acceptors (Lipinski definition) is 6. The lowest BCUT2D eigenvalue weighted by molar-refractivity contribution is 0.389. The highest BCUT2D eigenvalue weighted by molar-refractivity contribution is 9.10. The summed E-state index contributed by atoms with van der Waals surface area (Å²) in [5.74, 6) is 1.47. The number of hydrogen-bond donors (Lipinski definition) is 3. The van der Waals surface area contributed by atoms with Gasteiger partial charge in [0.25, 0.3) is 0 Å². The Hall–Kier alpha value is -2.78. The van der Waals surface area contributed by atoms with E-state index in [-0.39, 0.29) is 5.82 Å². The Balaban J connectivity index is 1.54. The number of halogens is 2. The summed E-state index contributed by atoms with van der Waals surface area (Å²) in [7, 11) is 0. The first-order valence-electron chi connectivity index (χ1n) is 9.93. The van der Waals surface area contributed by atoms with Crippen LogP contribution >= 0.6 is 15.9 Å². The van der Waals surface area contributed by atoms with Crippen LogP contribution in [0, 0.1) is 11.7 Å². The molecule has 0 amide bonds. The summed E-state index contributed by atoms with van der Waals surface area (Å²) >= 11 is 3.56. The van der Waals surface area contributed by atoms with Crippen molar-refractivity contribution in [2.24, 2.45) is 5.92 Å². The molecule has 30 heavy (non-hydrogen) atoms. The van der Waals surface area contributed by atoms with Gasteiger partial charge in [0, 0.05) is 29.3 Å². The van der Waals surface area contributed by atoms with Crippen LogP contribution in [-0.2, 0) is 0 Å². The molecule has 154 valence electrons. The van der Waals surface area contributed by atoms with E-state index in [4.69, 9.17) is 10.7 Å². The molecule has 1 aliphatic rings. The van der Waals surface area contributed by atoms with Gasteiger partial charge < -0.3 is 16.4 Å². The second-order valence-electron chi connectivity index (χ2n) is 7.59. The number of benzene rings is 1. The zero-order valence-corrected chi connectivity index (χ0v) is 17.8. The van der Waals surface area contributed by atoms with Crippen LogP contribution in [0.2, 0.25) is 0 Å². The maximum absolute atomic E-state index is 13.7. The molecule has 0 atom stereocenters. The number of piperidine rings is 1. The van der Waals surface area contributed by atoms with Crippen molar-refractivity contribution < 1.29 is 4.39 Å². The van der Waals surface area contributed by atoms with E-state index in [1.807, 2.05) is 6.07 Å². The summed E-state index contributed by atoms with van der Waals surface area (Å²) in [5, 5.41) is 12.0. The first-order valence-corrected chi connectivity index (χ1v) is 10.7. The number of nitrogen functional groups attached to an aromatic ring is 1. The number of rotatable bonds is 4. The molecule has 1 aliphatic heterocycles. The van der Waals surface area contributed by atoms with Crippen molar-refractivity contribution in [1.82, 2.24) is 24.9 Å². The van der Waals surface area contributed by atoms with Crippen LogP contribution in [0.3, 0.4) is 0 Å². The Morgan fingerprint density at radius 2 is 2.07 bits per heavy atom. The molecule has 3 aromatic heterocycles. The molecule has 1 fully saturated rings. The lowest BCUT2D eigenvalue weighted by Crippen LogP contribution is -2.31. The Morgan fingerprint density at radius 1 is 1.23 bits per heavy atom. The van der Waals surface area contributed by atoms with Crippen molar-refractivity contribution in [2.45, 2.75) is 12.8 Å². The van der Waals surface area contributed by atoms with Crippen LogP contribution in [0.15, 0.2) is 41.1 Å². The van der Waals surface area contributed by atoms with Crippen LogP contribution in [0.25, 0.3) is 27.7 Å². The van der Waals surface area contributed by atoms with Crippen molar-refractivity contribution in [2.75, 3.05) is 30.7 Å². The summed E-state index contributed by atoms with van der Waals surface area (Å²) in [5.41, 5.74) is 9.28. The molecular weight excluding hydrogens is 449 g/mol. The molecule has 0 radical (unpaired) electrons. The van der Waals surface area contributed by atoms with Crippen molar-refractivity contribution in [3.8, 4) is 11.1 Å². The SMILES string of the molecule is Nc1c(Br)c(NCC2CCNCC2)nc2c(-c3cnc4ccc(F)cc4c3)cnn12. The minimum atomic E-state index is -0.294. The molecule has 1 saturated heterocycles. The van der Waals surface area contributed by atoms with Crippen LogP contribution in [0.4, 0.5) is 16.0 Å². The number of aromatic nitrogens is 4. The number of nitrogens with two attached hydrogens (primary N) is 1. The van der Waals surface area contributed by atoms with E-state index in [9.17, 15) is 4.39 Å². The number of anilines is 2. The highest BCUT2D eigenvalue weighted by atomic mass is 79.9. The Morgan fingerprint density at radius 3 is 2.90 bits per heavy atom. The molecular formula is C21H21BrFN7. The molecule has 0 saturated carbocycles. The number of nitrogens with one attached hydrogen (secondary N) is 2. The van der Waals surface area contributed by atoms with Crippen LogP contribution in [-0.4, -0.2) is 39.2 Å². The van der Waals surface area contributed by atoms with Gasteiger partial charge in [-0.15, -0.1) is 0 Å². The third kappa shape index (κ3) is 3.48. The lowest BCUT2D eigenvalue weighted by atomic mass is 9.98. The highest BCUT2D eigenvalue weighted by Gasteiger charge is 2.18. The van der Waals surface area contributed by atoms with Gasteiger partial charge >= 0.3 is 0 Å². The quantitative estimate of drug-likeness (QED) is 0.420. The molecule has 0 aliphatic carbocycles. The normalized spacial score (nSPS) is 15.1. The summed E-state index contributed by atoms with van der Waals surface area (Å²) < 4.78 is 16.0. The van der Waals surface area contributed by atoms with Crippen molar-refractivity contribution >= 4 is 44.1 Å². The van der Waals surface area contributed by atoms with Crippen LogP contribution in [0.5, 0.6) is 0 Å².